The maximum Gasteiger partial charge on any atom is 0.0661 e. The first-order valence-electron chi connectivity index (χ1n) is 3.81. The molecule has 2 rings (SSSR count). The van der Waals surface area contributed by atoms with Crippen molar-refractivity contribution in [2.75, 3.05) is 0 Å². The summed E-state index contributed by atoms with van der Waals surface area (Å²) in [5.41, 5.74) is 0. The molecule has 0 aromatic carbocycles. The molecule has 0 saturated heterocycles. The number of rotatable bonds is 0. The predicted molar refractivity (Wildman–Crippen MR) is 34.6 cm³/mol. The van der Waals surface area contributed by atoms with Gasteiger partial charge in [0.05, 0.1) is 12.0 Å². The minimum Gasteiger partial charge on any atom is -0.198 e. The molecule has 0 aromatic heterocycles. The van der Waals surface area contributed by atoms with Gasteiger partial charge in [0.2, 0.25) is 0 Å². The summed E-state index contributed by atoms with van der Waals surface area (Å²) in [6, 6.07) is 2.43. The van der Waals surface area contributed by atoms with Crippen LogP contribution in [-0.4, -0.2) is 0 Å². The lowest BCUT2D eigenvalue weighted by molar-refractivity contribution is 0.480. The van der Waals surface area contributed by atoms with Crippen LogP contribution in [0.4, 0.5) is 0 Å². The Morgan fingerprint density at radius 3 is 1.67 bits per heavy atom. The lowest BCUT2D eigenvalue weighted by Gasteiger charge is -2.04. The topological polar surface area (TPSA) is 23.8 Å². The van der Waals surface area contributed by atoms with E-state index in [0.29, 0.717) is 5.92 Å². The van der Waals surface area contributed by atoms with E-state index in [2.05, 4.69) is 6.07 Å². The van der Waals surface area contributed by atoms with Crippen molar-refractivity contribution >= 4 is 0 Å². The second-order valence-corrected chi connectivity index (χ2v) is 3.33. The number of fused-ring (bicyclic) bond motifs is 2. The van der Waals surface area contributed by atoms with E-state index in [1.54, 1.807) is 0 Å². The molecule has 0 atom stereocenters. The summed E-state index contributed by atoms with van der Waals surface area (Å²) in [5, 5.41) is 8.70. The molecular weight excluding hydrogens is 110 g/mol. The van der Waals surface area contributed by atoms with Gasteiger partial charge in [-0.2, -0.15) is 5.26 Å². The molecule has 48 valence electrons. The lowest BCUT2D eigenvalue weighted by atomic mass is 10.0. The van der Waals surface area contributed by atoms with E-state index in [-0.39, 0.29) is 0 Å². The van der Waals surface area contributed by atoms with Crippen LogP contribution in [0.5, 0.6) is 0 Å². The molecule has 0 radical (unpaired) electrons. The molecule has 1 nitrogen and oxygen atoms in total. The minimum absolute atomic E-state index is 0.449. The van der Waals surface area contributed by atoms with E-state index in [4.69, 9.17) is 5.26 Å². The Hall–Kier alpha value is -0.510. The zero-order valence-corrected chi connectivity index (χ0v) is 5.51. The Labute approximate surface area is 55.7 Å². The van der Waals surface area contributed by atoms with Crippen LogP contribution in [0.25, 0.3) is 0 Å². The Balaban J connectivity index is 2.19. The van der Waals surface area contributed by atoms with Crippen LogP contribution in [0.1, 0.15) is 25.7 Å². The van der Waals surface area contributed by atoms with Crippen molar-refractivity contribution in [2.45, 2.75) is 25.7 Å². The highest BCUT2D eigenvalue weighted by molar-refractivity contribution is 5.02. The number of nitriles is 1. The summed E-state index contributed by atoms with van der Waals surface area (Å²) >= 11 is 0. The fraction of sp³-hybridized carbons (Fsp3) is 0.875. The first kappa shape index (κ1) is 5.29. The van der Waals surface area contributed by atoms with E-state index in [0.717, 1.165) is 11.8 Å². The molecular formula is C8H11N. The highest BCUT2D eigenvalue weighted by Gasteiger charge is 2.41. The molecule has 0 amide bonds. The van der Waals surface area contributed by atoms with Crippen LogP contribution < -0.4 is 0 Å². The molecule has 2 saturated carbocycles. The number of nitrogens with zero attached hydrogens (tertiary/aromatic N) is 1. The average Bonchev–Trinajstić information content (AvgIpc) is 2.44. The highest BCUT2D eigenvalue weighted by Crippen LogP contribution is 2.48. The standard InChI is InChI=1S/C8H11N/c9-5-8-6-1-2-7(8)4-3-6/h6-8H,1-4H2. The SMILES string of the molecule is N#CC1C2CCC1CC2. The third kappa shape index (κ3) is 0.594. The first-order valence-corrected chi connectivity index (χ1v) is 3.81. The summed E-state index contributed by atoms with van der Waals surface area (Å²) in [6.45, 7) is 0. The summed E-state index contributed by atoms with van der Waals surface area (Å²) in [4.78, 5) is 0. The molecule has 9 heavy (non-hydrogen) atoms. The summed E-state index contributed by atoms with van der Waals surface area (Å²) < 4.78 is 0. The molecule has 0 aliphatic heterocycles. The van der Waals surface area contributed by atoms with Crippen molar-refractivity contribution in [3.8, 4) is 6.07 Å². The molecule has 2 bridgehead atoms. The lowest BCUT2D eigenvalue weighted by Crippen LogP contribution is -2.00. The zero-order valence-electron chi connectivity index (χ0n) is 5.51. The van der Waals surface area contributed by atoms with Crippen LogP contribution >= 0.6 is 0 Å². The van der Waals surface area contributed by atoms with Gasteiger partial charge in [0, 0.05) is 0 Å². The van der Waals surface area contributed by atoms with E-state index in [9.17, 15) is 0 Å². The minimum atomic E-state index is 0.449. The van der Waals surface area contributed by atoms with E-state index in [1.807, 2.05) is 0 Å². The van der Waals surface area contributed by atoms with Gasteiger partial charge in [0.25, 0.3) is 0 Å². The van der Waals surface area contributed by atoms with Crippen molar-refractivity contribution in [2.24, 2.45) is 17.8 Å². The van der Waals surface area contributed by atoms with Crippen molar-refractivity contribution < 1.29 is 0 Å². The molecule has 0 N–H and O–H groups in total. The zero-order chi connectivity index (χ0) is 6.27. The van der Waals surface area contributed by atoms with Gasteiger partial charge < -0.3 is 0 Å². The van der Waals surface area contributed by atoms with Gasteiger partial charge in [-0.25, -0.2) is 0 Å². The van der Waals surface area contributed by atoms with Gasteiger partial charge in [-0.05, 0) is 37.5 Å². The third-order valence-corrected chi connectivity index (χ3v) is 2.98. The molecule has 0 aromatic rings. The second-order valence-electron chi connectivity index (χ2n) is 3.33. The largest absolute Gasteiger partial charge is 0.198 e. The van der Waals surface area contributed by atoms with Crippen molar-refractivity contribution in [1.29, 1.82) is 5.26 Å². The van der Waals surface area contributed by atoms with Crippen LogP contribution in [0.15, 0.2) is 0 Å². The molecule has 2 aliphatic carbocycles. The van der Waals surface area contributed by atoms with Gasteiger partial charge in [0.15, 0.2) is 0 Å². The van der Waals surface area contributed by atoms with Gasteiger partial charge >= 0.3 is 0 Å². The maximum atomic E-state index is 8.70. The Bertz CT molecular complexity index is 136. The van der Waals surface area contributed by atoms with Gasteiger partial charge in [0.1, 0.15) is 0 Å². The maximum absolute atomic E-state index is 8.70. The van der Waals surface area contributed by atoms with Gasteiger partial charge in [-0.3, -0.25) is 0 Å². The van der Waals surface area contributed by atoms with Crippen molar-refractivity contribution in [3.63, 3.8) is 0 Å². The van der Waals surface area contributed by atoms with E-state index in [1.165, 1.54) is 25.7 Å². The average molecular weight is 121 g/mol. The van der Waals surface area contributed by atoms with Crippen LogP contribution in [0.2, 0.25) is 0 Å². The summed E-state index contributed by atoms with van der Waals surface area (Å²) in [7, 11) is 0. The highest BCUT2D eigenvalue weighted by atomic mass is 14.5. The smallest absolute Gasteiger partial charge is 0.0661 e. The van der Waals surface area contributed by atoms with Gasteiger partial charge in [-0.15, -0.1) is 0 Å². The molecule has 0 spiro atoms. The fourth-order valence-electron chi connectivity index (χ4n) is 2.46. The molecule has 2 fully saturated rings. The predicted octanol–water partition coefficient (Wildman–Crippen LogP) is 1.95. The first-order chi connectivity index (χ1) is 4.42. The summed E-state index contributed by atoms with van der Waals surface area (Å²) in [6.07, 6.45) is 5.34. The Morgan fingerprint density at radius 1 is 1.00 bits per heavy atom. The fourth-order valence-corrected chi connectivity index (χ4v) is 2.46. The van der Waals surface area contributed by atoms with Crippen LogP contribution in [-0.2, 0) is 0 Å². The quantitative estimate of drug-likeness (QED) is 0.480. The third-order valence-electron chi connectivity index (χ3n) is 2.98. The van der Waals surface area contributed by atoms with Gasteiger partial charge in [-0.1, -0.05) is 0 Å². The van der Waals surface area contributed by atoms with E-state index >= 15 is 0 Å². The second kappa shape index (κ2) is 1.73. The van der Waals surface area contributed by atoms with Crippen LogP contribution in [0.3, 0.4) is 0 Å². The molecule has 0 unspecified atom stereocenters. The van der Waals surface area contributed by atoms with Crippen molar-refractivity contribution in [3.05, 3.63) is 0 Å². The molecule has 0 heterocycles. The van der Waals surface area contributed by atoms with E-state index < -0.39 is 0 Å². The Morgan fingerprint density at radius 2 is 1.44 bits per heavy atom. The normalized spacial score (nSPS) is 47.2. The van der Waals surface area contributed by atoms with Crippen LogP contribution in [0, 0.1) is 29.1 Å². The Kier molecular flexibility index (Phi) is 1.02. The number of hydrogen-bond donors (Lipinski definition) is 0. The number of hydrogen-bond acceptors (Lipinski definition) is 1. The monoisotopic (exact) mass is 121 g/mol. The van der Waals surface area contributed by atoms with Crippen molar-refractivity contribution in [1.82, 2.24) is 0 Å². The molecule has 2 aliphatic rings. The summed E-state index contributed by atoms with van der Waals surface area (Å²) in [5.74, 6) is 2.03. The molecule has 1 heteroatoms.